The Hall–Kier alpha value is -3.92. The van der Waals surface area contributed by atoms with E-state index in [0.717, 1.165) is 16.7 Å². The molecule has 1 amide bonds. The lowest BCUT2D eigenvalue weighted by Crippen LogP contribution is -2.15. The summed E-state index contributed by atoms with van der Waals surface area (Å²) < 4.78 is 0. The third kappa shape index (κ3) is 4.39. The monoisotopic (exact) mass is 395 g/mol. The molecule has 30 heavy (non-hydrogen) atoms. The molecule has 0 unspecified atom stereocenters. The van der Waals surface area contributed by atoms with Gasteiger partial charge in [-0.1, -0.05) is 72.8 Å². The summed E-state index contributed by atoms with van der Waals surface area (Å²) >= 11 is 0. The maximum absolute atomic E-state index is 12.3. The minimum Gasteiger partial charge on any atom is -0.478 e. The van der Waals surface area contributed by atoms with Crippen LogP contribution in [0.5, 0.6) is 0 Å². The maximum Gasteiger partial charge on any atom is 0.337 e. The third-order valence-corrected chi connectivity index (χ3v) is 5.11. The highest BCUT2D eigenvalue weighted by atomic mass is 16.4. The number of amides is 1. The number of benzene rings is 4. The molecule has 4 nitrogen and oxygen atoms in total. The topological polar surface area (TPSA) is 66.4 Å². The third-order valence-electron chi connectivity index (χ3n) is 5.11. The molecule has 0 spiro atoms. The summed E-state index contributed by atoms with van der Waals surface area (Å²) in [4.78, 5) is 23.5. The van der Waals surface area contributed by atoms with Gasteiger partial charge in [0, 0.05) is 6.42 Å². The summed E-state index contributed by atoms with van der Waals surface area (Å²) in [6, 6.07) is 29.3. The van der Waals surface area contributed by atoms with Gasteiger partial charge in [-0.3, -0.25) is 4.79 Å². The van der Waals surface area contributed by atoms with E-state index >= 15 is 0 Å². The van der Waals surface area contributed by atoms with Crippen LogP contribution in [0.3, 0.4) is 0 Å². The second-order valence-corrected chi connectivity index (χ2v) is 7.16. The van der Waals surface area contributed by atoms with Crippen LogP contribution in [-0.2, 0) is 11.2 Å². The number of carbonyl (C=O) groups excluding carboxylic acids is 1. The SMILES string of the molecule is O=C(CCc1ccc(-c2ccc3ccccc3c2)cc1)Nc1ccccc1C(=O)O. The van der Waals surface area contributed by atoms with Gasteiger partial charge in [0.25, 0.3) is 0 Å². The van der Waals surface area contributed by atoms with Crippen molar-refractivity contribution in [2.24, 2.45) is 0 Å². The van der Waals surface area contributed by atoms with E-state index in [0.29, 0.717) is 12.1 Å². The highest BCUT2D eigenvalue weighted by Crippen LogP contribution is 2.25. The summed E-state index contributed by atoms with van der Waals surface area (Å²) in [7, 11) is 0. The van der Waals surface area contributed by atoms with Crippen LogP contribution in [0.1, 0.15) is 22.3 Å². The molecule has 0 bridgehead atoms. The van der Waals surface area contributed by atoms with Crippen molar-refractivity contribution in [3.63, 3.8) is 0 Å². The van der Waals surface area contributed by atoms with Crippen LogP contribution < -0.4 is 5.32 Å². The maximum atomic E-state index is 12.3. The molecule has 4 heteroatoms. The van der Waals surface area contributed by atoms with E-state index in [4.69, 9.17) is 0 Å². The van der Waals surface area contributed by atoms with Gasteiger partial charge in [-0.15, -0.1) is 0 Å². The number of nitrogens with one attached hydrogen (secondary N) is 1. The Kier molecular flexibility index (Phi) is 5.57. The zero-order valence-corrected chi connectivity index (χ0v) is 16.3. The number of hydrogen-bond donors (Lipinski definition) is 2. The molecule has 0 atom stereocenters. The Labute approximate surface area is 174 Å². The van der Waals surface area contributed by atoms with E-state index in [2.05, 4.69) is 47.8 Å². The first-order valence-electron chi connectivity index (χ1n) is 9.80. The molecular weight excluding hydrogens is 374 g/mol. The molecule has 0 fully saturated rings. The summed E-state index contributed by atoms with van der Waals surface area (Å²) in [5, 5.41) is 14.3. The highest BCUT2D eigenvalue weighted by Gasteiger charge is 2.11. The van der Waals surface area contributed by atoms with Crippen molar-refractivity contribution in [2.45, 2.75) is 12.8 Å². The Morgan fingerprint density at radius 3 is 2.17 bits per heavy atom. The quantitative estimate of drug-likeness (QED) is 0.435. The van der Waals surface area contributed by atoms with Crippen molar-refractivity contribution in [3.8, 4) is 11.1 Å². The van der Waals surface area contributed by atoms with Gasteiger partial charge in [0.1, 0.15) is 0 Å². The largest absolute Gasteiger partial charge is 0.478 e. The van der Waals surface area contributed by atoms with E-state index in [1.807, 2.05) is 24.3 Å². The first-order valence-corrected chi connectivity index (χ1v) is 9.80. The molecule has 0 aromatic heterocycles. The molecule has 0 aliphatic carbocycles. The van der Waals surface area contributed by atoms with Gasteiger partial charge in [0.05, 0.1) is 11.3 Å². The van der Waals surface area contributed by atoms with Crippen molar-refractivity contribution in [2.75, 3.05) is 5.32 Å². The molecule has 0 saturated carbocycles. The summed E-state index contributed by atoms with van der Waals surface area (Å²) in [6.45, 7) is 0. The van der Waals surface area contributed by atoms with Gasteiger partial charge in [-0.2, -0.15) is 0 Å². The summed E-state index contributed by atoms with van der Waals surface area (Å²) in [5.74, 6) is -1.27. The molecule has 0 aliphatic heterocycles. The fraction of sp³-hybridized carbons (Fsp3) is 0.0769. The number of carboxylic acids is 1. The van der Waals surface area contributed by atoms with Crippen LogP contribution in [0.4, 0.5) is 5.69 Å². The van der Waals surface area contributed by atoms with Crippen LogP contribution in [-0.4, -0.2) is 17.0 Å². The second-order valence-electron chi connectivity index (χ2n) is 7.16. The number of para-hydroxylation sites is 1. The first kappa shape index (κ1) is 19.4. The number of aromatic carboxylic acids is 1. The number of carbonyl (C=O) groups is 2. The minimum atomic E-state index is -1.06. The van der Waals surface area contributed by atoms with Gasteiger partial charge >= 0.3 is 5.97 Å². The smallest absolute Gasteiger partial charge is 0.337 e. The van der Waals surface area contributed by atoms with Crippen LogP contribution in [0.2, 0.25) is 0 Å². The molecule has 0 saturated heterocycles. The van der Waals surface area contributed by atoms with Gasteiger partial charge in [0.2, 0.25) is 5.91 Å². The van der Waals surface area contributed by atoms with E-state index < -0.39 is 5.97 Å². The zero-order valence-electron chi connectivity index (χ0n) is 16.3. The van der Waals surface area contributed by atoms with Gasteiger partial charge in [-0.05, 0) is 52.1 Å². The number of hydrogen-bond acceptors (Lipinski definition) is 2. The molecule has 0 radical (unpaired) electrons. The Morgan fingerprint density at radius 2 is 1.40 bits per heavy atom. The predicted octanol–water partition coefficient (Wildman–Crippen LogP) is 5.78. The van der Waals surface area contributed by atoms with Crippen LogP contribution in [0.15, 0.2) is 91.0 Å². The standard InChI is InChI=1S/C26H21NO3/c28-25(27-24-8-4-3-7-23(24)26(29)30)16-11-18-9-12-20(13-10-18)22-15-14-19-5-1-2-6-21(19)17-22/h1-10,12-15,17H,11,16H2,(H,27,28)(H,29,30). The minimum absolute atomic E-state index is 0.0885. The van der Waals surface area contributed by atoms with Crippen LogP contribution >= 0.6 is 0 Å². The van der Waals surface area contributed by atoms with Crippen molar-refractivity contribution >= 4 is 28.3 Å². The Bertz CT molecular complexity index is 1210. The first-order chi connectivity index (χ1) is 14.6. The van der Waals surface area contributed by atoms with E-state index in [1.165, 1.54) is 16.8 Å². The lowest BCUT2D eigenvalue weighted by Gasteiger charge is -2.09. The average molecular weight is 395 g/mol. The zero-order chi connectivity index (χ0) is 20.9. The number of rotatable bonds is 6. The van der Waals surface area contributed by atoms with Gasteiger partial charge in [-0.25, -0.2) is 4.79 Å². The molecule has 0 aliphatic rings. The fourth-order valence-corrected chi connectivity index (χ4v) is 3.48. The number of carboxylic acid groups (broad SMARTS) is 1. The van der Waals surface area contributed by atoms with Crippen molar-refractivity contribution in [1.82, 2.24) is 0 Å². The molecular formula is C26H21NO3. The number of fused-ring (bicyclic) bond motifs is 1. The van der Waals surface area contributed by atoms with E-state index in [9.17, 15) is 14.7 Å². The van der Waals surface area contributed by atoms with Gasteiger partial charge in [0.15, 0.2) is 0 Å². The van der Waals surface area contributed by atoms with E-state index in [-0.39, 0.29) is 17.9 Å². The second kappa shape index (κ2) is 8.62. The molecule has 4 rings (SSSR count). The van der Waals surface area contributed by atoms with Crippen molar-refractivity contribution in [3.05, 3.63) is 102 Å². The molecule has 148 valence electrons. The van der Waals surface area contributed by atoms with E-state index in [1.54, 1.807) is 18.2 Å². The average Bonchev–Trinajstić information content (AvgIpc) is 2.78. The highest BCUT2D eigenvalue weighted by molar-refractivity contribution is 6.00. The number of aryl methyl sites for hydroxylation is 1. The molecule has 4 aromatic carbocycles. The predicted molar refractivity (Wildman–Crippen MR) is 120 cm³/mol. The van der Waals surface area contributed by atoms with Crippen LogP contribution in [0.25, 0.3) is 21.9 Å². The van der Waals surface area contributed by atoms with Crippen LogP contribution in [0, 0.1) is 0 Å². The number of anilines is 1. The van der Waals surface area contributed by atoms with Crippen molar-refractivity contribution < 1.29 is 14.7 Å². The summed E-state index contributed by atoms with van der Waals surface area (Å²) in [5.41, 5.74) is 3.75. The molecule has 0 heterocycles. The summed E-state index contributed by atoms with van der Waals surface area (Å²) in [6.07, 6.45) is 0.863. The van der Waals surface area contributed by atoms with Crippen molar-refractivity contribution in [1.29, 1.82) is 0 Å². The Balaban J connectivity index is 1.40. The molecule has 4 aromatic rings. The Morgan fingerprint density at radius 1 is 0.733 bits per heavy atom. The normalized spacial score (nSPS) is 10.7. The lowest BCUT2D eigenvalue weighted by molar-refractivity contribution is -0.116. The molecule has 2 N–H and O–H groups in total. The van der Waals surface area contributed by atoms with Gasteiger partial charge < -0.3 is 10.4 Å². The fourth-order valence-electron chi connectivity index (χ4n) is 3.48. The lowest BCUT2D eigenvalue weighted by atomic mass is 9.99.